The summed E-state index contributed by atoms with van der Waals surface area (Å²) in [6.45, 7) is 6.39. The lowest BCUT2D eigenvalue weighted by molar-refractivity contribution is 0.903. The van der Waals surface area contributed by atoms with Crippen molar-refractivity contribution in [1.82, 2.24) is 0 Å². The third-order valence-corrected chi connectivity index (χ3v) is 3.55. The Morgan fingerprint density at radius 2 is 1.67 bits per heavy atom. The molecular weight excluding hydrogens is 220 g/mol. The molecule has 0 aliphatic heterocycles. The van der Waals surface area contributed by atoms with Gasteiger partial charge >= 0.3 is 0 Å². The Labute approximate surface area is 109 Å². The first kappa shape index (κ1) is 12.5. The normalized spacial score (nSPS) is 12.4. The maximum atomic E-state index is 6.11. The highest BCUT2D eigenvalue weighted by Crippen LogP contribution is 2.33. The van der Waals surface area contributed by atoms with Gasteiger partial charge in [0.25, 0.3) is 0 Å². The fourth-order valence-electron chi connectivity index (χ4n) is 2.64. The summed E-state index contributed by atoms with van der Waals surface area (Å²) in [5, 5.41) is 0. The lowest BCUT2D eigenvalue weighted by Crippen LogP contribution is -2.05. The minimum atomic E-state index is 0.284. The van der Waals surface area contributed by atoms with E-state index < -0.39 is 0 Å². The van der Waals surface area contributed by atoms with Gasteiger partial charge in [-0.15, -0.1) is 0 Å². The Bertz CT molecular complexity index is 553. The molecule has 1 atom stereocenters. The summed E-state index contributed by atoms with van der Waals surface area (Å²) in [5.41, 5.74) is 18.5. The van der Waals surface area contributed by atoms with Crippen molar-refractivity contribution in [3.05, 3.63) is 58.7 Å². The first-order valence-corrected chi connectivity index (χ1v) is 6.21. The molecular formula is C16H20N2. The summed E-state index contributed by atoms with van der Waals surface area (Å²) >= 11 is 0. The van der Waals surface area contributed by atoms with Gasteiger partial charge in [-0.2, -0.15) is 0 Å². The van der Waals surface area contributed by atoms with Gasteiger partial charge in [-0.1, -0.05) is 25.1 Å². The van der Waals surface area contributed by atoms with Gasteiger partial charge in [0.05, 0.1) is 0 Å². The third kappa shape index (κ3) is 2.19. The Morgan fingerprint density at radius 1 is 0.944 bits per heavy atom. The molecule has 0 aromatic heterocycles. The zero-order valence-corrected chi connectivity index (χ0v) is 11.2. The predicted octanol–water partition coefficient (Wildman–Crippen LogP) is 3.62. The molecule has 0 heterocycles. The van der Waals surface area contributed by atoms with Crippen LogP contribution in [0.4, 0.5) is 11.4 Å². The molecule has 18 heavy (non-hydrogen) atoms. The SMILES string of the molecule is Cc1cc(N)ccc1C(C)c1c(C)cccc1N. The molecule has 2 aromatic carbocycles. The van der Waals surface area contributed by atoms with Crippen LogP contribution in [0.5, 0.6) is 0 Å². The van der Waals surface area contributed by atoms with Gasteiger partial charge in [0.1, 0.15) is 0 Å². The van der Waals surface area contributed by atoms with E-state index in [1.807, 2.05) is 24.3 Å². The Morgan fingerprint density at radius 3 is 2.28 bits per heavy atom. The second-order valence-corrected chi connectivity index (χ2v) is 4.92. The zero-order chi connectivity index (χ0) is 13.3. The highest BCUT2D eigenvalue weighted by molar-refractivity contribution is 5.57. The molecule has 2 aromatic rings. The second kappa shape index (κ2) is 4.73. The molecule has 0 saturated heterocycles. The van der Waals surface area contributed by atoms with Crippen LogP contribution in [0.15, 0.2) is 36.4 Å². The lowest BCUT2D eigenvalue weighted by Gasteiger charge is -2.19. The van der Waals surface area contributed by atoms with E-state index in [0.29, 0.717) is 0 Å². The molecule has 0 saturated carbocycles. The van der Waals surface area contributed by atoms with E-state index in [1.165, 1.54) is 22.3 Å². The average Bonchev–Trinajstić information content (AvgIpc) is 2.28. The fourth-order valence-corrected chi connectivity index (χ4v) is 2.64. The summed E-state index contributed by atoms with van der Waals surface area (Å²) < 4.78 is 0. The van der Waals surface area contributed by atoms with Crippen molar-refractivity contribution >= 4 is 11.4 Å². The quantitative estimate of drug-likeness (QED) is 0.788. The van der Waals surface area contributed by atoms with Gasteiger partial charge < -0.3 is 11.5 Å². The molecule has 2 nitrogen and oxygen atoms in total. The van der Waals surface area contributed by atoms with Gasteiger partial charge in [-0.25, -0.2) is 0 Å². The largest absolute Gasteiger partial charge is 0.399 e. The van der Waals surface area contributed by atoms with Gasteiger partial charge in [0.15, 0.2) is 0 Å². The van der Waals surface area contributed by atoms with Crippen LogP contribution in [0.25, 0.3) is 0 Å². The van der Waals surface area contributed by atoms with Crippen molar-refractivity contribution in [2.45, 2.75) is 26.7 Å². The Kier molecular flexibility index (Phi) is 3.28. The monoisotopic (exact) mass is 240 g/mol. The molecule has 2 heteroatoms. The van der Waals surface area contributed by atoms with E-state index in [4.69, 9.17) is 11.5 Å². The van der Waals surface area contributed by atoms with Gasteiger partial charge in [0, 0.05) is 17.3 Å². The first-order chi connectivity index (χ1) is 8.50. The van der Waals surface area contributed by atoms with E-state index in [-0.39, 0.29) is 5.92 Å². The van der Waals surface area contributed by atoms with Gasteiger partial charge in [0.2, 0.25) is 0 Å². The molecule has 2 rings (SSSR count). The number of rotatable bonds is 2. The topological polar surface area (TPSA) is 52.0 Å². The maximum Gasteiger partial charge on any atom is 0.0355 e. The average molecular weight is 240 g/mol. The van der Waals surface area contributed by atoms with E-state index in [0.717, 1.165) is 11.4 Å². The van der Waals surface area contributed by atoms with Crippen LogP contribution in [0.3, 0.4) is 0 Å². The Hall–Kier alpha value is -1.96. The molecule has 94 valence electrons. The molecule has 0 amide bonds. The molecule has 0 aliphatic carbocycles. The number of hydrogen-bond acceptors (Lipinski definition) is 2. The van der Waals surface area contributed by atoms with Gasteiger partial charge in [-0.3, -0.25) is 0 Å². The fraction of sp³-hybridized carbons (Fsp3) is 0.250. The van der Waals surface area contributed by atoms with Crippen LogP contribution < -0.4 is 11.5 Å². The van der Waals surface area contributed by atoms with Crippen LogP contribution in [-0.4, -0.2) is 0 Å². The first-order valence-electron chi connectivity index (χ1n) is 6.21. The van der Waals surface area contributed by atoms with Crippen LogP contribution >= 0.6 is 0 Å². The van der Waals surface area contributed by atoms with E-state index in [1.54, 1.807) is 0 Å². The summed E-state index contributed by atoms with van der Waals surface area (Å²) in [5.74, 6) is 0.284. The van der Waals surface area contributed by atoms with Crippen molar-refractivity contribution in [3.63, 3.8) is 0 Å². The standard InChI is InChI=1S/C16H20N2/c1-10-5-4-6-15(18)16(10)12(3)14-8-7-13(17)9-11(14)2/h4-9,12H,17-18H2,1-3H3. The zero-order valence-electron chi connectivity index (χ0n) is 11.2. The number of aryl methyl sites for hydroxylation is 2. The lowest BCUT2D eigenvalue weighted by atomic mass is 9.86. The molecule has 0 bridgehead atoms. The number of nitrogen functional groups attached to an aromatic ring is 2. The molecule has 0 spiro atoms. The van der Waals surface area contributed by atoms with E-state index in [2.05, 4.69) is 32.9 Å². The van der Waals surface area contributed by atoms with Crippen LogP contribution in [0, 0.1) is 13.8 Å². The Balaban J connectivity index is 2.51. The molecule has 4 N–H and O–H groups in total. The summed E-state index contributed by atoms with van der Waals surface area (Å²) in [6.07, 6.45) is 0. The summed E-state index contributed by atoms with van der Waals surface area (Å²) in [4.78, 5) is 0. The second-order valence-electron chi connectivity index (χ2n) is 4.92. The molecule has 0 aliphatic rings. The number of nitrogens with two attached hydrogens (primary N) is 2. The maximum absolute atomic E-state index is 6.11. The summed E-state index contributed by atoms with van der Waals surface area (Å²) in [6, 6.07) is 12.1. The van der Waals surface area contributed by atoms with Crippen LogP contribution in [-0.2, 0) is 0 Å². The van der Waals surface area contributed by atoms with Crippen molar-refractivity contribution in [2.75, 3.05) is 11.5 Å². The minimum absolute atomic E-state index is 0.284. The highest BCUT2D eigenvalue weighted by Gasteiger charge is 2.15. The molecule has 1 unspecified atom stereocenters. The van der Waals surface area contributed by atoms with Crippen molar-refractivity contribution < 1.29 is 0 Å². The number of benzene rings is 2. The molecule has 0 radical (unpaired) electrons. The van der Waals surface area contributed by atoms with Crippen molar-refractivity contribution in [1.29, 1.82) is 0 Å². The highest BCUT2D eigenvalue weighted by atomic mass is 14.6. The van der Waals surface area contributed by atoms with Crippen LogP contribution in [0.2, 0.25) is 0 Å². The summed E-state index contributed by atoms with van der Waals surface area (Å²) in [7, 11) is 0. The third-order valence-electron chi connectivity index (χ3n) is 3.55. The van der Waals surface area contributed by atoms with Crippen LogP contribution in [0.1, 0.15) is 35.1 Å². The van der Waals surface area contributed by atoms with E-state index >= 15 is 0 Å². The van der Waals surface area contributed by atoms with Crippen molar-refractivity contribution in [3.8, 4) is 0 Å². The predicted molar refractivity (Wildman–Crippen MR) is 78.7 cm³/mol. The van der Waals surface area contributed by atoms with Crippen molar-refractivity contribution in [2.24, 2.45) is 0 Å². The number of hydrogen-bond donors (Lipinski definition) is 2. The van der Waals surface area contributed by atoms with Gasteiger partial charge in [-0.05, 0) is 54.3 Å². The number of anilines is 2. The minimum Gasteiger partial charge on any atom is -0.399 e. The molecule has 0 fully saturated rings. The van der Waals surface area contributed by atoms with E-state index in [9.17, 15) is 0 Å². The smallest absolute Gasteiger partial charge is 0.0355 e.